The molecule has 9 heteroatoms. The minimum Gasteiger partial charge on any atom is -0.756 e. The van der Waals surface area contributed by atoms with Gasteiger partial charge in [0.05, 0.1) is 39.9 Å². The zero-order chi connectivity index (χ0) is 52.0. The molecule has 3 atom stereocenters. The molecule has 0 rings (SSSR count). The Morgan fingerprint density at radius 1 is 0.507 bits per heavy atom. The van der Waals surface area contributed by atoms with Crippen LogP contribution >= 0.6 is 7.82 Å². The predicted molar refractivity (Wildman–Crippen MR) is 306 cm³/mol. The Labute approximate surface area is 438 Å². The molecule has 1 amide bonds. The van der Waals surface area contributed by atoms with E-state index in [-0.39, 0.29) is 12.5 Å². The second-order valence-electron chi connectivity index (χ2n) is 20.2. The summed E-state index contributed by atoms with van der Waals surface area (Å²) in [6, 6.07) is -0.920. The van der Waals surface area contributed by atoms with Gasteiger partial charge in [0.1, 0.15) is 13.2 Å². The lowest BCUT2D eigenvalue weighted by atomic mass is 10.0. The number of allylic oxidation sites excluding steroid dienone is 17. The third kappa shape index (κ3) is 54.8. The van der Waals surface area contributed by atoms with E-state index >= 15 is 0 Å². The van der Waals surface area contributed by atoms with E-state index in [2.05, 4.69) is 116 Å². The average molecular weight is 1010 g/mol. The van der Waals surface area contributed by atoms with Crippen LogP contribution in [0.25, 0.3) is 0 Å². The molecular weight excluding hydrogens is 900 g/mol. The van der Waals surface area contributed by atoms with Crippen molar-refractivity contribution >= 4 is 13.7 Å². The van der Waals surface area contributed by atoms with Crippen LogP contribution in [0.4, 0.5) is 0 Å². The lowest BCUT2D eigenvalue weighted by Crippen LogP contribution is -2.45. The summed E-state index contributed by atoms with van der Waals surface area (Å²) in [4.78, 5) is 25.5. The van der Waals surface area contributed by atoms with Gasteiger partial charge in [0.15, 0.2) is 0 Å². The number of hydrogen-bond acceptors (Lipinski definition) is 6. The number of unbranched alkanes of at least 4 members (excludes halogenated alkanes) is 22. The first-order chi connectivity index (χ1) is 34.5. The van der Waals surface area contributed by atoms with Gasteiger partial charge in [-0.3, -0.25) is 9.36 Å². The second-order valence-corrected chi connectivity index (χ2v) is 21.7. The lowest BCUT2D eigenvalue weighted by Gasteiger charge is -2.29. The highest BCUT2D eigenvalue weighted by Crippen LogP contribution is 2.38. The first kappa shape index (κ1) is 68.2. The zero-order valence-corrected chi connectivity index (χ0v) is 47.3. The van der Waals surface area contributed by atoms with E-state index in [1.807, 2.05) is 27.2 Å². The van der Waals surface area contributed by atoms with Gasteiger partial charge in [-0.2, -0.15) is 0 Å². The number of hydrogen-bond donors (Lipinski definition) is 2. The highest BCUT2D eigenvalue weighted by atomic mass is 31.2. The maximum atomic E-state index is 13.0. The molecular formula is C62H109N2O6P. The van der Waals surface area contributed by atoms with E-state index in [4.69, 9.17) is 9.05 Å². The summed E-state index contributed by atoms with van der Waals surface area (Å²) in [7, 11) is 1.22. The number of aliphatic hydroxyl groups excluding tert-OH is 1. The molecule has 0 saturated heterocycles. The molecule has 0 aromatic heterocycles. The van der Waals surface area contributed by atoms with Gasteiger partial charge >= 0.3 is 0 Å². The van der Waals surface area contributed by atoms with Crippen LogP contribution < -0.4 is 10.2 Å². The van der Waals surface area contributed by atoms with E-state index in [9.17, 15) is 19.4 Å². The Morgan fingerprint density at radius 3 is 1.31 bits per heavy atom. The van der Waals surface area contributed by atoms with Crippen LogP contribution in [0.2, 0.25) is 0 Å². The van der Waals surface area contributed by atoms with Crippen molar-refractivity contribution in [3.8, 4) is 0 Å². The highest BCUT2D eigenvalue weighted by molar-refractivity contribution is 7.45. The van der Waals surface area contributed by atoms with Crippen LogP contribution in [-0.4, -0.2) is 68.5 Å². The SMILES string of the molecule is CC/C=C\C/C=C\C/C=C\C/C=C\C/C=C\C/C=C\CCCCCCCCCCCCC(=O)NC(COP(=O)([O-])OCC[N+](C)(C)C)C(O)/C=C/CC/C=C/CC/C=C/CCCCCCCCCCCC. The standard InChI is InChI=1S/C62H109N2O6P/c1-6-8-10-12-14-16-18-20-22-24-26-28-29-30-31-32-33-34-35-36-38-40-42-44-46-48-50-52-54-56-62(66)63-60(59-70-71(67,68)69-58-57-64(3,4)5)61(65)55-53-51-49-47-45-43-41-39-37-27-25-23-21-19-17-15-13-11-9-7-2/h8,10,14,16,20,22,26,28,30-31,33-34,37,39,45,47,53,55,60-61,65H,6-7,9,11-13,15,17-19,21,23-25,27,29,32,35-36,38,40-44,46,48-52,54,56-59H2,1-5H3,(H-,63,66,67,68)/b10-8-,16-14-,22-20-,28-26-,31-30-,34-33-,39-37+,47-45+,55-53+. The topological polar surface area (TPSA) is 108 Å². The van der Waals surface area contributed by atoms with Crippen molar-refractivity contribution in [2.24, 2.45) is 0 Å². The molecule has 0 heterocycles. The minimum atomic E-state index is -4.62. The van der Waals surface area contributed by atoms with Gasteiger partial charge in [-0.05, 0) is 96.3 Å². The number of nitrogens with one attached hydrogen (secondary N) is 1. The second kappa shape index (κ2) is 52.0. The van der Waals surface area contributed by atoms with Crippen molar-refractivity contribution in [1.82, 2.24) is 5.32 Å². The Kier molecular flexibility index (Phi) is 50.0. The van der Waals surface area contributed by atoms with Gasteiger partial charge in [-0.25, -0.2) is 0 Å². The maximum Gasteiger partial charge on any atom is 0.268 e. The van der Waals surface area contributed by atoms with Crippen LogP contribution in [0.5, 0.6) is 0 Å². The van der Waals surface area contributed by atoms with Crippen LogP contribution in [0.15, 0.2) is 109 Å². The first-order valence-electron chi connectivity index (χ1n) is 28.7. The van der Waals surface area contributed by atoms with Gasteiger partial charge in [-0.1, -0.05) is 232 Å². The van der Waals surface area contributed by atoms with E-state index in [0.717, 1.165) is 89.9 Å². The molecule has 0 aliphatic carbocycles. The fourth-order valence-electron chi connectivity index (χ4n) is 7.72. The number of phosphoric acid groups is 1. The maximum absolute atomic E-state index is 13.0. The Bertz CT molecular complexity index is 1520. The van der Waals surface area contributed by atoms with Gasteiger partial charge in [0.2, 0.25) is 5.91 Å². The van der Waals surface area contributed by atoms with Gasteiger partial charge in [0.25, 0.3) is 7.82 Å². The molecule has 3 unspecified atom stereocenters. The summed E-state index contributed by atoms with van der Waals surface area (Å²) < 4.78 is 23.3. The predicted octanol–water partition coefficient (Wildman–Crippen LogP) is 17.0. The summed E-state index contributed by atoms with van der Waals surface area (Å²) >= 11 is 0. The molecule has 0 fully saturated rings. The molecule has 408 valence electrons. The molecule has 0 aromatic carbocycles. The smallest absolute Gasteiger partial charge is 0.268 e. The number of amides is 1. The van der Waals surface area contributed by atoms with Crippen LogP contribution in [-0.2, 0) is 18.4 Å². The normalized spacial score (nSPS) is 14.7. The van der Waals surface area contributed by atoms with Gasteiger partial charge < -0.3 is 28.8 Å². The summed E-state index contributed by atoms with van der Waals surface area (Å²) in [5.41, 5.74) is 0. The molecule has 0 aliphatic rings. The summed E-state index contributed by atoms with van der Waals surface area (Å²) in [5, 5.41) is 13.9. The number of aliphatic hydroxyl groups is 1. The summed E-state index contributed by atoms with van der Waals surface area (Å²) in [5.74, 6) is -0.220. The van der Waals surface area contributed by atoms with E-state index in [1.54, 1.807) is 6.08 Å². The molecule has 0 spiro atoms. The third-order valence-corrected chi connectivity index (χ3v) is 13.2. The number of carbonyl (C=O) groups excluding carboxylic acids is 1. The first-order valence-corrected chi connectivity index (χ1v) is 30.2. The monoisotopic (exact) mass is 1010 g/mol. The number of nitrogens with zero attached hydrogens (tertiary/aromatic N) is 1. The molecule has 0 aromatic rings. The molecule has 0 saturated carbocycles. The number of rotatable bonds is 51. The Morgan fingerprint density at radius 2 is 0.873 bits per heavy atom. The molecule has 0 aliphatic heterocycles. The molecule has 8 nitrogen and oxygen atoms in total. The average Bonchev–Trinajstić information content (AvgIpc) is 3.33. The highest BCUT2D eigenvalue weighted by Gasteiger charge is 2.23. The fourth-order valence-corrected chi connectivity index (χ4v) is 8.44. The van der Waals surface area contributed by atoms with E-state index in [0.29, 0.717) is 17.4 Å². The summed E-state index contributed by atoms with van der Waals surface area (Å²) in [6.07, 6.45) is 75.9. The summed E-state index contributed by atoms with van der Waals surface area (Å²) in [6.45, 7) is 4.50. The minimum absolute atomic E-state index is 0.0152. The van der Waals surface area contributed by atoms with Crippen LogP contribution in [0, 0.1) is 0 Å². The van der Waals surface area contributed by atoms with Crippen molar-refractivity contribution in [2.45, 2.75) is 238 Å². The fraction of sp³-hybridized carbons (Fsp3) is 0.694. The Hall–Kier alpha value is -2.84. The van der Waals surface area contributed by atoms with Crippen molar-refractivity contribution < 1.29 is 32.9 Å². The molecule has 71 heavy (non-hydrogen) atoms. The number of carbonyl (C=O) groups is 1. The molecule has 0 bridgehead atoms. The zero-order valence-electron chi connectivity index (χ0n) is 46.4. The van der Waals surface area contributed by atoms with Crippen molar-refractivity contribution in [1.29, 1.82) is 0 Å². The van der Waals surface area contributed by atoms with Crippen molar-refractivity contribution in [3.63, 3.8) is 0 Å². The number of phosphoric ester groups is 1. The van der Waals surface area contributed by atoms with Crippen LogP contribution in [0.3, 0.4) is 0 Å². The number of quaternary nitrogens is 1. The quantitative estimate of drug-likeness (QED) is 0.0272. The lowest BCUT2D eigenvalue weighted by molar-refractivity contribution is -0.870. The van der Waals surface area contributed by atoms with Gasteiger partial charge in [0, 0.05) is 6.42 Å². The molecule has 0 radical (unpaired) electrons. The van der Waals surface area contributed by atoms with Gasteiger partial charge in [-0.15, -0.1) is 0 Å². The van der Waals surface area contributed by atoms with Crippen LogP contribution in [0.1, 0.15) is 226 Å². The van der Waals surface area contributed by atoms with Crippen molar-refractivity contribution in [3.05, 3.63) is 109 Å². The van der Waals surface area contributed by atoms with E-state index < -0.39 is 26.6 Å². The van der Waals surface area contributed by atoms with E-state index in [1.165, 1.54) is 116 Å². The third-order valence-electron chi connectivity index (χ3n) is 12.2. The Balaban J connectivity index is 4.30. The largest absolute Gasteiger partial charge is 0.756 e. The molecule has 2 N–H and O–H groups in total. The number of likely N-dealkylation sites (N-methyl/N-ethyl adjacent to an activating group) is 1. The van der Waals surface area contributed by atoms with Crippen molar-refractivity contribution in [2.75, 3.05) is 40.9 Å².